The van der Waals surface area contributed by atoms with Crippen LogP contribution in [0.4, 0.5) is 23.1 Å². The summed E-state index contributed by atoms with van der Waals surface area (Å²) in [6, 6.07) is 5.39. The zero-order valence-corrected chi connectivity index (χ0v) is 17.1. The topological polar surface area (TPSA) is 96.2 Å². The number of nitrogens with zero attached hydrogens (tertiary/aromatic N) is 4. The number of benzene rings is 1. The van der Waals surface area contributed by atoms with E-state index in [1.54, 1.807) is 13.0 Å². The second-order valence-electron chi connectivity index (χ2n) is 5.78. The molecule has 8 nitrogen and oxygen atoms in total. The summed E-state index contributed by atoms with van der Waals surface area (Å²) in [6.07, 6.45) is 0. The molecule has 0 saturated heterocycles. The van der Waals surface area contributed by atoms with Crippen molar-refractivity contribution in [3.05, 3.63) is 44.6 Å². The van der Waals surface area contributed by atoms with Crippen molar-refractivity contribution < 1.29 is 4.92 Å². The number of hydrogen-bond acceptors (Lipinski definition) is 6. The van der Waals surface area contributed by atoms with E-state index in [1.807, 2.05) is 37.8 Å². The van der Waals surface area contributed by atoms with Gasteiger partial charge in [0.1, 0.15) is 5.69 Å². The maximum atomic E-state index is 11.5. The molecule has 0 bridgehead atoms. The Labute approximate surface area is 168 Å². The van der Waals surface area contributed by atoms with Crippen molar-refractivity contribution >= 4 is 52.1 Å². The van der Waals surface area contributed by atoms with E-state index in [-0.39, 0.29) is 22.3 Å². The molecule has 0 radical (unpaired) electrons. The van der Waals surface area contributed by atoms with Crippen LogP contribution < -0.4 is 15.5 Å². The van der Waals surface area contributed by atoms with Crippen molar-refractivity contribution in [1.82, 2.24) is 9.97 Å². The summed E-state index contributed by atoms with van der Waals surface area (Å²) < 4.78 is 0. The number of aryl methyl sites for hydroxylation is 2. The largest absolute Gasteiger partial charge is 0.341 e. The third-order valence-electron chi connectivity index (χ3n) is 3.94. The molecule has 144 valence electrons. The van der Waals surface area contributed by atoms with Crippen molar-refractivity contribution in [2.45, 2.75) is 27.7 Å². The van der Waals surface area contributed by atoms with Crippen LogP contribution in [0.15, 0.2) is 18.2 Å². The fourth-order valence-corrected chi connectivity index (χ4v) is 2.84. The van der Waals surface area contributed by atoms with Crippen molar-refractivity contribution in [1.29, 1.82) is 0 Å². The van der Waals surface area contributed by atoms with E-state index in [2.05, 4.69) is 20.6 Å². The molecule has 0 aliphatic heterocycles. The van der Waals surface area contributed by atoms with E-state index in [0.717, 1.165) is 5.56 Å². The predicted octanol–water partition coefficient (Wildman–Crippen LogP) is 4.31. The minimum atomic E-state index is -0.519. The standard InChI is InChI=1S/C17H21ClN6O2S/c1-5-23(6-2)16-19-11(4)14(24(25)26)15(21-16)22-17(27)20-12-8-7-10(3)13(18)9-12/h7-9H,5-6H2,1-4H3,(H2,19,20,21,22,27). The molecule has 10 heteroatoms. The van der Waals surface area contributed by atoms with Gasteiger partial charge in [0.25, 0.3) is 0 Å². The van der Waals surface area contributed by atoms with Gasteiger partial charge in [0.15, 0.2) is 5.11 Å². The minimum Gasteiger partial charge on any atom is -0.341 e. The Bertz CT molecular complexity index is 873. The monoisotopic (exact) mass is 408 g/mol. The van der Waals surface area contributed by atoms with Gasteiger partial charge in [0, 0.05) is 23.8 Å². The highest BCUT2D eigenvalue weighted by atomic mass is 35.5. The maximum Gasteiger partial charge on any atom is 0.332 e. The molecule has 0 fully saturated rings. The lowest BCUT2D eigenvalue weighted by Crippen LogP contribution is -2.26. The number of aromatic nitrogens is 2. The average Bonchev–Trinajstić information content (AvgIpc) is 2.58. The van der Waals surface area contributed by atoms with Crippen LogP contribution >= 0.6 is 23.8 Å². The fraction of sp³-hybridized carbons (Fsp3) is 0.353. The van der Waals surface area contributed by atoms with Crippen molar-refractivity contribution in [3.8, 4) is 0 Å². The number of halogens is 1. The molecule has 0 aliphatic carbocycles. The molecule has 0 unspecified atom stereocenters. The molecular weight excluding hydrogens is 388 g/mol. The quantitative estimate of drug-likeness (QED) is 0.414. The fourth-order valence-electron chi connectivity index (χ4n) is 2.45. The van der Waals surface area contributed by atoms with E-state index < -0.39 is 4.92 Å². The van der Waals surface area contributed by atoms with Crippen LogP contribution in [0, 0.1) is 24.0 Å². The molecule has 0 spiro atoms. The molecule has 1 aromatic heterocycles. The van der Waals surface area contributed by atoms with E-state index in [1.165, 1.54) is 0 Å². The van der Waals surface area contributed by atoms with Gasteiger partial charge >= 0.3 is 5.69 Å². The number of rotatable bonds is 6. The van der Waals surface area contributed by atoms with Crippen LogP contribution in [0.25, 0.3) is 0 Å². The summed E-state index contributed by atoms with van der Waals surface area (Å²) in [6.45, 7) is 8.75. The van der Waals surface area contributed by atoms with Crippen LogP contribution in [-0.4, -0.2) is 33.1 Å². The van der Waals surface area contributed by atoms with Gasteiger partial charge < -0.3 is 15.5 Å². The lowest BCUT2D eigenvalue weighted by molar-refractivity contribution is -0.385. The molecule has 0 saturated carbocycles. The molecule has 0 aliphatic rings. The molecule has 1 aromatic carbocycles. The number of thiocarbonyl (C=S) groups is 1. The summed E-state index contributed by atoms with van der Waals surface area (Å²) in [7, 11) is 0. The lowest BCUT2D eigenvalue weighted by Gasteiger charge is -2.20. The number of nitrogens with one attached hydrogen (secondary N) is 2. The molecule has 27 heavy (non-hydrogen) atoms. The molecule has 0 atom stereocenters. The Morgan fingerprint density at radius 2 is 1.93 bits per heavy atom. The summed E-state index contributed by atoms with van der Waals surface area (Å²) in [5.74, 6) is 0.455. The Balaban J connectivity index is 2.33. The van der Waals surface area contributed by atoms with Gasteiger partial charge in [-0.1, -0.05) is 17.7 Å². The molecular formula is C17H21ClN6O2S. The highest BCUT2D eigenvalue weighted by molar-refractivity contribution is 7.80. The smallest absolute Gasteiger partial charge is 0.332 e. The number of nitro groups is 1. The second-order valence-corrected chi connectivity index (χ2v) is 6.59. The SMILES string of the molecule is CCN(CC)c1nc(C)c([N+](=O)[O-])c(NC(=S)Nc2ccc(C)c(Cl)c2)n1. The minimum absolute atomic E-state index is 0.0464. The first-order valence-electron chi connectivity index (χ1n) is 8.38. The van der Waals surface area contributed by atoms with Gasteiger partial charge in [-0.25, -0.2) is 4.98 Å². The van der Waals surface area contributed by atoms with Gasteiger partial charge in [-0.2, -0.15) is 4.98 Å². The summed E-state index contributed by atoms with van der Waals surface area (Å²) in [5, 5.41) is 18.0. The Morgan fingerprint density at radius 1 is 1.26 bits per heavy atom. The molecule has 0 amide bonds. The predicted molar refractivity (Wildman–Crippen MR) is 113 cm³/mol. The van der Waals surface area contributed by atoms with Crippen molar-refractivity contribution in [2.24, 2.45) is 0 Å². The Morgan fingerprint density at radius 3 is 2.48 bits per heavy atom. The average molecular weight is 409 g/mol. The molecule has 2 rings (SSSR count). The van der Waals surface area contributed by atoms with Gasteiger partial charge in [-0.15, -0.1) is 0 Å². The van der Waals surface area contributed by atoms with Crippen LogP contribution in [-0.2, 0) is 0 Å². The summed E-state index contributed by atoms with van der Waals surface area (Å²) in [5.41, 5.74) is 1.66. The van der Waals surface area contributed by atoms with Gasteiger partial charge in [-0.05, 0) is 57.6 Å². The zero-order chi connectivity index (χ0) is 20.1. The lowest BCUT2D eigenvalue weighted by atomic mass is 10.2. The third-order valence-corrected chi connectivity index (χ3v) is 4.55. The summed E-state index contributed by atoms with van der Waals surface area (Å²) in [4.78, 5) is 21.4. The maximum absolute atomic E-state index is 11.5. The molecule has 2 aromatic rings. The summed E-state index contributed by atoms with van der Waals surface area (Å²) >= 11 is 11.4. The van der Waals surface area contributed by atoms with Gasteiger partial charge in [-0.3, -0.25) is 10.1 Å². The van der Waals surface area contributed by atoms with Crippen LogP contribution in [0.2, 0.25) is 5.02 Å². The van der Waals surface area contributed by atoms with E-state index in [9.17, 15) is 10.1 Å². The van der Waals surface area contributed by atoms with Crippen LogP contribution in [0.3, 0.4) is 0 Å². The van der Waals surface area contributed by atoms with Gasteiger partial charge in [0.2, 0.25) is 11.8 Å². The van der Waals surface area contributed by atoms with Crippen LogP contribution in [0.5, 0.6) is 0 Å². The highest BCUT2D eigenvalue weighted by Crippen LogP contribution is 2.28. The van der Waals surface area contributed by atoms with E-state index in [0.29, 0.717) is 29.7 Å². The van der Waals surface area contributed by atoms with Crippen molar-refractivity contribution in [3.63, 3.8) is 0 Å². The normalized spacial score (nSPS) is 10.4. The van der Waals surface area contributed by atoms with E-state index in [4.69, 9.17) is 23.8 Å². The van der Waals surface area contributed by atoms with Crippen molar-refractivity contribution in [2.75, 3.05) is 28.6 Å². The first kappa shape index (κ1) is 20.8. The number of hydrogen-bond donors (Lipinski definition) is 2. The second kappa shape index (κ2) is 8.92. The first-order chi connectivity index (χ1) is 12.8. The van der Waals surface area contributed by atoms with E-state index >= 15 is 0 Å². The third kappa shape index (κ3) is 5.01. The Hall–Kier alpha value is -2.52. The molecule has 2 N–H and O–H groups in total. The van der Waals surface area contributed by atoms with Crippen LogP contribution in [0.1, 0.15) is 25.1 Å². The Kier molecular flexibility index (Phi) is 6.86. The first-order valence-corrected chi connectivity index (χ1v) is 9.17. The molecule has 1 heterocycles. The highest BCUT2D eigenvalue weighted by Gasteiger charge is 2.24. The number of anilines is 3. The van der Waals surface area contributed by atoms with Gasteiger partial charge in [0.05, 0.1) is 4.92 Å². The zero-order valence-electron chi connectivity index (χ0n) is 15.5.